The Labute approximate surface area is 56.8 Å². The van der Waals surface area contributed by atoms with E-state index in [-0.39, 0.29) is 0 Å². The summed E-state index contributed by atoms with van der Waals surface area (Å²) in [6, 6.07) is 0. The quantitative estimate of drug-likeness (QED) is 0.423. The zero-order valence-corrected chi connectivity index (χ0v) is 6.13. The molecule has 2 nitrogen and oxygen atoms in total. The molecule has 4 heteroatoms. The van der Waals surface area contributed by atoms with Crippen LogP contribution in [0.3, 0.4) is 0 Å². The van der Waals surface area contributed by atoms with Crippen LogP contribution < -0.4 is 0 Å². The SMILES string of the molecule is [CH2]CCCl.[O]=[Ti]=[O]. The molecule has 41 valence electrons. The molecule has 0 bridgehead atoms. The van der Waals surface area contributed by atoms with Crippen molar-refractivity contribution in [2.24, 2.45) is 0 Å². The van der Waals surface area contributed by atoms with Crippen molar-refractivity contribution in [1.29, 1.82) is 0 Å². The molecule has 1 radical (unpaired) electrons. The van der Waals surface area contributed by atoms with Crippen molar-refractivity contribution in [1.82, 2.24) is 0 Å². The Morgan fingerprint density at radius 2 is 1.71 bits per heavy atom. The van der Waals surface area contributed by atoms with Gasteiger partial charge in [0.1, 0.15) is 0 Å². The van der Waals surface area contributed by atoms with Crippen molar-refractivity contribution in [2.45, 2.75) is 6.42 Å². The number of alkyl halides is 1. The summed E-state index contributed by atoms with van der Waals surface area (Å²) in [6.45, 7) is 3.47. The van der Waals surface area contributed by atoms with Crippen LogP contribution in [0.5, 0.6) is 0 Å². The van der Waals surface area contributed by atoms with Gasteiger partial charge in [0.2, 0.25) is 0 Å². The van der Waals surface area contributed by atoms with Crippen LogP contribution in [-0.4, -0.2) is 5.88 Å². The number of halogens is 1. The third-order valence-electron chi connectivity index (χ3n) is 0.134. The summed E-state index contributed by atoms with van der Waals surface area (Å²) < 4.78 is 17.0. The Morgan fingerprint density at radius 3 is 1.71 bits per heavy atom. The fourth-order valence-electron chi connectivity index (χ4n) is 0. The molecule has 0 saturated carbocycles. The first-order valence-corrected chi connectivity index (χ1v) is 3.49. The summed E-state index contributed by atoms with van der Waals surface area (Å²) in [5, 5.41) is 0. The topological polar surface area (TPSA) is 34.1 Å². The molecule has 0 aliphatic rings. The maximum absolute atomic E-state index is 8.50. The van der Waals surface area contributed by atoms with E-state index in [4.69, 9.17) is 18.3 Å². The second kappa shape index (κ2) is 16.0. The van der Waals surface area contributed by atoms with Gasteiger partial charge in [-0.25, -0.2) is 0 Å². The first kappa shape index (κ1) is 10.6. The van der Waals surface area contributed by atoms with Gasteiger partial charge in [0.25, 0.3) is 0 Å². The Balaban J connectivity index is 0. The third kappa shape index (κ3) is 54.4. The van der Waals surface area contributed by atoms with Crippen molar-refractivity contribution in [3.05, 3.63) is 6.92 Å². The van der Waals surface area contributed by atoms with Gasteiger partial charge in [-0.2, -0.15) is 0 Å². The molecule has 0 N–H and O–H groups in total. The van der Waals surface area contributed by atoms with Gasteiger partial charge >= 0.3 is 25.7 Å². The second-order valence-electron chi connectivity index (χ2n) is 0.626. The average Bonchev–Trinajstić information content (AvgIpc) is 1.69. The molecular formula is C3H6ClO2Ti. The fraction of sp³-hybridized carbons (Fsp3) is 0.667. The van der Waals surface area contributed by atoms with E-state index in [1.807, 2.05) is 0 Å². The Bertz CT molecular complexity index is 48.9. The van der Waals surface area contributed by atoms with Crippen LogP contribution in [0.1, 0.15) is 6.42 Å². The van der Waals surface area contributed by atoms with Gasteiger partial charge in [-0.15, -0.1) is 11.6 Å². The zero-order valence-electron chi connectivity index (χ0n) is 3.82. The Morgan fingerprint density at radius 1 is 1.57 bits per heavy atom. The third-order valence-corrected chi connectivity index (χ3v) is 0.401. The molecular weight excluding hydrogens is 151 g/mol. The van der Waals surface area contributed by atoms with Crippen LogP contribution in [0, 0.1) is 6.92 Å². The first-order valence-electron chi connectivity index (χ1n) is 1.68. The maximum atomic E-state index is 8.50. The van der Waals surface area contributed by atoms with E-state index in [0.717, 1.165) is 6.42 Å². The van der Waals surface area contributed by atoms with Crippen molar-refractivity contribution >= 4 is 11.6 Å². The summed E-state index contributed by atoms with van der Waals surface area (Å²) in [6.07, 6.45) is 0.835. The van der Waals surface area contributed by atoms with E-state index < -0.39 is 19.1 Å². The second-order valence-corrected chi connectivity index (χ2v) is 1.26. The van der Waals surface area contributed by atoms with Crippen LogP contribution in [0.2, 0.25) is 0 Å². The van der Waals surface area contributed by atoms with E-state index in [1.165, 1.54) is 0 Å². The molecule has 0 rings (SSSR count). The van der Waals surface area contributed by atoms with Crippen molar-refractivity contribution < 1.29 is 25.7 Å². The summed E-state index contributed by atoms with van der Waals surface area (Å²) in [5.41, 5.74) is 0. The fourth-order valence-corrected chi connectivity index (χ4v) is 0. The molecule has 0 aliphatic heterocycles. The summed E-state index contributed by atoms with van der Waals surface area (Å²) >= 11 is 3.12. The monoisotopic (exact) mass is 157 g/mol. The molecule has 0 aromatic rings. The molecule has 0 spiro atoms. The Kier molecular flexibility index (Phi) is 24.1. The molecule has 7 heavy (non-hydrogen) atoms. The molecule has 0 aliphatic carbocycles. The van der Waals surface area contributed by atoms with Gasteiger partial charge in [-0.1, -0.05) is 6.92 Å². The zero-order chi connectivity index (χ0) is 6.12. The van der Waals surface area contributed by atoms with Crippen molar-refractivity contribution in [2.75, 3.05) is 5.88 Å². The van der Waals surface area contributed by atoms with Gasteiger partial charge in [-0.3, -0.25) is 0 Å². The van der Waals surface area contributed by atoms with Gasteiger partial charge in [0.05, 0.1) is 0 Å². The minimum atomic E-state index is -2.00. The summed E-state index contributed by atoms with van der Waals surface area (Å²) in [4.78, 5) is 0. The number of hydrogen-bond acceptors (Lipinski definition) is 2. The van der Waals surface area contributed by atoms with E-state index in [9.17, 15) is 0 Å². The van der Waals surface area contributed by atoms with Crippen LogP contribution in [0.4, 0.5) is 0 Å². The van der Waals surface area contributed by atoms with Gasteiger partial charge in [0.15, 0.2) is 0 Å². The minimum absolute atomic E-state index is 0.681. The van der Waals surface area contributed by atoms with E-state index >= 15 is 0 Å². The molecule has 0 amide bonds. The first-order chi connectivity index (χ1) is 3.33. The molecule has 0 fully saturated rings. The Hall–Kier alpha value is 0.604. The van der Waals surface area contributed by atoms with Gasteiger partial charge < -0.3 is 0 Å². The van der Waals surface area contributed by atoms with Crippen molar-refractivity contribution in [3.8, 4) is 0 Å². The molecule has 0 atom stereocenters. The molecule has 0 aromatic heterocycles. The van der Waals surface area contributed by atoms with Crippen molar-refractivity contribution in [3.63, 3.8) is 0 Å². The normalized spacial score (nSPS) is 5.43. The summed E-state index contributed by atoms with van der Waals surface area (Å²) in [7, 11) is 0. The van der Waals surface area contributed by atoms with Gasteiger partial charge in [-0.05, 0) is 6.42 Å². The molecule has 0 saturated heterocycles. The van der Waals surface area contributed by atoms with Crippen LogP contribution in [-0.2, 0) is 25.7 Å². The predicted octanol–water partition coefficient (Wildman–Crippen LogP) is 1.21. The average molecular weight is 157 g/mol. The molecule has 0 heterocycles. The van der Waals surface area contributed by atoms with Gasteiger partial charge in [0, 0.05) is 5.88 Å². The number of rotatable bonds is 1. The van der Waals surface area contributed by atoms with Crippen LogP contribution in [0.15, 0.2) is 0 Å². The number of hydrogen-bond donors (Lipinski definition) is 0. The predicted molar refractivity (Wildman–Crippen MR) is 22.1 cm³/mol. The summed E-state index contributed by atoms with van der Waals surface area (Å²) in [5.74, 6) is 0.681. The van der Waals surface area contributed by atoms with E-state index in [1.54, 1.807) is 0 Å². The van der Waals surface area contributed by atoms with E-state index in [0.29, 0.717) is 5.88 Å². The molecule has 0 unspecified atom stereocenters. The molecule has 0 aromatic carbocycles. The van der Waals surface area contributed by atoms with Crippen LogP contribution >= 0.6 is 11.6 Å². The standard InChI is InChI=1S/C3H6Cl.2O.Ti/c1-2-3-4;;;/h1-3H2;;;. The van der Waals surface area contributed by atoms with E-state index in [2.05, 4.69) is 6.92 Å². The van der Waals surface area contributed by atoms with Crippen LogP contribution in [0.25, 0.3) is 0 Å².